The number of rotatable bonds is 2. The summed E-state index contributed by atoms with van der Waals surface area (Å²) in [7, 11) is 1.75. The van der Waals surface area contributed by atoms with Crippen molar-refractivity contribution >= 4 is 23.3 Å². The third kappa shape index (κ3) is 3.15. The molecule has 8 nitrogen and oxygen atoms in total. The minimum absolute atomic E-state index is 0.151. The summed E-state index contributed by atoms with van der Waals surface area (Å²) >= 11 is 1.06. The first-order valence-corrected chi connectivity index (χ1v) is 8.94. The Hall–Kier alpha value is -2.29. The van der Waals surface area contributed by atoms with Gasteiger partial charge in [0.1, 0.15) is 10.6 Å². The molecule has 2 amide bonds. The average molecular weight is 362 g/mol. The lowest BCUT2D eigenvalue weighted by molar-refractivity contribution is 0.0181. The molecule has 0 aromatic carbocycles. The normalized spacial score (nSPS) is 15.1. The van der Waals surface area contributed by atoms with Gasteiger partial charge in [-0.1, -0.05) is 25.3 Å². The molecule has 0 radical (unpaired) electrons. The van der Waals surface area contributed by atoms with Crippen molar-refractivity contribution in [2.24, 2.45) is 7.05 Å². The van der Waals surface area contributed by atoms with Crippen molar-refractivity contribution in [2.75, 3.05) is 13.1 Å². The van der Waals surface area contributed by atoms with Crippen molar-refractivity contribution in [1.82, 2.24) is 29.4 Å². The van der Waals surface area contributed by atoms with E-state index in [1.54, 1.807) is 18.7 Å². The number of aromatic nitrogens is 4. The molecule has 9 heteroatoms. The topological polar surface area (TPSA) is 84.2 Å². The zero-order valence-electron chi connectivity index (χ0n) is 15.1. The molecule has 0 saturated carbocycles. The van der Waals surface area contributed by atoms with E-state index in [4.69, 9.17) is 0 Å². The zero-order chi connectivity index (χ0) is 18.4. The maximum absolute atomic E-state index is 13.0. The van der Waals surface area contributed by atoms with Gasteiger partial charge in [0.15, 0.2) is 0 Å². The maximum Gasteiger partial charge on any atom is 0.290 e. The van der Waals surface area contributed by atoms with Gasteiger partial charge in [0, 0.05) is 25.6 Å². The number of hydrogen-bond donors (Lipinski definition) is 0. The zero-order valence-corrected chi connectivity index (χ0v) is 15.9. The summed E-state index contributed by atoms with van der Waals surface area (Å²) in [6.07, 6.45) is 0.743. The number of hydrazine groups is 1. The highest BCUT2D eigenvalue weighted by Crippen LogP contribution is 2.24. The van der Waals surface area contributed by atoms with E-state index in [9.17, 15) is 9.59 Å². The lowest BCUT2D eigenvalue weighted by atomic mass is 9.92. The van der Waals surface area contributed by atoms with E-state index in [-0.39, 0.29) is 17.2 Å². The maximum atomic E-state index is 13.0. The fourth-order valence-electron chi connectivity index (χ4n) is 2.75. The highest BCUT2D eigenvalue weighted by molar-refractivity contribution is 7.07. The fourth-order valence-corrected chi connectivity index (χ4v) is 3.35. The van der Waals surface area contributed by atoms with Crippen LogP contribution in [0.1, 0.15) is 58.7 Å². The molecule has 3 rings (SSSR count). The van der Waals surface area contributed by atoms with Crippen LogP contribution in [-0.4, -0.2) is 54.3 Å². The van der Waals surface area contributed by atoms with Crippen LogP contribution in [0.5, 0.6) is 0 Å². The molecule has 1 fully saturated rings. The third-order valence-corrected chi connectivity index (χ3v) is 5.03. The quantitative estimate of drug-likeness (QED) is 0.813. The van der Waals surface area contributed by atoms with Gasteiger partial charge in [-0.25, -0.2) is 10.0 Å². The molecule has 0 spiro atoms. The van der Waals surface area contributed by atoms with Crippen LogP contribution in [0.4, 0.5) is 0 Å². The Morgan fingerprint density at radius 2 is 1.80 bits per heavy atom. The Kier molecular flexibility index (Phi) is 4.36. The Morgan fingerprint density at radius 3 is 2.32 bits per heavy atom. The largest absolute Gasteiger partial charge is 0.290 e. The van der Waals surface area contributed by atoms with Crippen molar-refractivity contribution in [2.45, 2.75) is 39.5 Å². The Morgan fingerprint density at radius 1 is 1.16 bits per heavy atom. The van der Waals surface area contributed by atoms with Gasteiger partial charge >= 0.3 is 0 Å². The number of hydrogen-bond acceptors (Lipinski definition) is 6. The second-order valence-corrected chi connectivity index (χ2v) is 7.94. The third-order valence-electron chi connectivity index (χ3n) is 4.21. The molecule has 2 aromatic rings. The number of aryl methyl sites for hydroxylation is 2. The van der Waals surface area contributed by atoms with Gasteiger partial charge in [0.25, 0.3) is 11.8 Å². The monoisotopic (exact) mass is 362 g/mol. The standard InChI is InChI=1S/C16H22N6O2S/c1-10-13(25-19-17-10)15(24)22-8-6-7-21(22)14(23)11-9-12(16(2,3)4)18-20(11)5/h9H,6-8H2,1-5H3. The molecule has 2 aromatic heterocycles. The summed E-state index contributed by atoms with van der Waals surface area (Å²) < 4.78 is 5.40. The minimum Gasteiger partial charge on any atom is -0.266 e. The molecule has 25 heavy (non-hydrogen) atoms. The van der Waals surface area contributed by atoms with Crippen LogP contribution < -0.4 is 0 Å². The predicted octanol–water partition coefficient (Wildman–Crippen LogP) is 1.78. The highest BCUT2D eigenvalue weighted by atomic mass is 32.1. The van der Waals surface area contributed by atoms with Crippen LogP contribution in [0.25, 0.3) is 0 Å². The number of carbonyl (C=O) groups is 2. The smallest absolute Gasteiger partial charge is 0.266 e. The van der Waals surface area contributed by atoms with Gasteiger partial charge in [0.05, 0.1) is 11.4 Å². The van der Waals surface area contributed by atoms with E-state index >= 15 is 0 Å². The van der Waals surface area contributed by atoms with Crippen molar-refractivity contribution in [3.63, 3.8) is 0 Å². The van der Waals surface area contributed by atoms with Gasteiger partial charge < -0.3 is 0 Å². The molecular weight excluding hydrogens is 340 g/mol. The number of nitrogens with zero attached hydrogens (tertiary/aromatic N) is 6. The van der Waals surface area contributed by atoms with E-state index in [1.165, 1.54) is 10.0 Å². The molecule has 1 aliphatic rings. The molecule has 0 unspecified atom stereocenters. The molecule has 3 heterocycles. The van der Waals surface area contributed by atoms with Crippen molar-refractivity contribution in [3.05, 3.63) is 28.0 Å². The summed E-state index contributed by atoms with van der Waals surface area (Å²) in [5.41, 5.74) is 1.76. The molecule has 0 aliphatic carbocycles. The minimum atomic E-state index is -0.225. The van der Waals surface area contributed by atoms with Crippen LogP contribution in [0.15, 0.2) is 6.07 Å². The lowest BCUT2D eigenvalue weighted by Crippen LogP contribution is -2.45. The second-order valence-electron chi connectivity index (χ2n) is 7.19. The molecular formula is C16H22N6O2S. The van der Waals surface area contributed by atoms with Crippen LogP contribution in [-0.2, 0) is 12.5 Å². The van der Waals surface area contributed by atoms with Crippen LogP contribution >= 0.6 is 11.5 Å². The predicted molar refractivity (Wildman–Crippen MR) is 93.2 cm³/mol. The molecule has 134 valence electrons. The summed E-state index contributed by atoms with van der Waals surface area (Å²) in [6.45, 7) is 8.91. The molecule has 0 N–H and O–H groups in total. The lowest BCUT2D eigenvalue weighted by Gasteiger charge is -2.27. The van der Waals surface area contributed by atoms with Gasteiger partial charge in [0.2, 0.25) is 0 Å². The highest BCUT2D eigenvalue weighted by Gasteiger charge is 2.35. The van der Waals surface area contributed by atoms with Gasteiger partial charge in [-0.15, -0.1) is 5.10 Å². The molecule has 1 aliphatic heterocycles. The Balaban J connectivity index is 1.88. The van der Waals surface area contributed by atoms with E-state index in [0.717, 1.165) is 23.6 Å². The van der Waals surface area contributed by atoms with E-state index in [1.807, 2.05) is 6.07 Å². The number of amides is 2. The summed E-state index contributed by atoms with van der Waals surface area (Å²) in [5, 5.41) is 11.3. The average Bonchev–Trinajstić information content (AvgIpc) is 3.24. The van der Waals surface area contributed by atoms with Crippen LogP contribution in [0.2, 0.25) is 0 Å². The van der Waals surface area contributed by atoms with Crippen molar-refractivity contribution in [1.29, 1.82) is 0 Å². The first kappa shape index (κ1) is 17.5. The van der Waals surface area contributed by atoms with Gasteiger partial charge in [-0.3, -0.25) is 14.3 Å². The number of carbonyl (C=O) groups excluding carboxylic acids is 2. The first-order chi connectivity index (χ1) is 11.7. The molecule has 0 bridgehead atoms. The molecule has 1 saturated heterocycles. The SMILES string of the molecule is Cc1nnsc1C(=O)N1CCCN1C(=O)c1cc(C(C)(C)C)nn1C. The van der Waals surface area contributed by atoms with E-state index in [2.05, 4.69) is 35.5 Å². The van der Waals surface area contributed by atoms with Gasteiger partial charge in [-0.2, -0.15) is 5.10 Å². The van der Waals surface area contributed by atoms with Gasteiger partial charge in [-0.05, 0) is 30.9 Å². The van der Waals surface area contributed by atoms with Crippen molar-refractivity contribution < 1.29 is 9.59 Å². The summed E-state index contributed by atoms with van der Waals surface area (Å²) in [6, 6.07) is 1.81. The first-order valence-electron chi connectivity index (χ1n) is 8.17. The fraction of sp³-hybridized carbons (Fsp3) is 0.562. The summed E-state index contributed by atoms with van der Waals surface area (Å²) in [4.78, 5) is 26.3. The Bertz CT molecular complexity index is 819. The van der Waals surface area contributed by atoms with E-state index < -0.39 is 0 Å². The van der Waals surface area contributed by atoms with Crippen molar-refractivity contribution in [3.8, 4) is 0 Å². The van der Waals surface area contributed by atoms with E-state index in [0.29, 0.717) is 29.4 Å². The van der Waals surface area contributed by atoms with Crippen LogP contribution in [0.3, 0.4) is 0 Å². The van der Waals surface area contributed by atoms with Crippen LogP contribution in [0, 0.1) is 6.92 Å². The second kappa shape index (κ2) is 6.21. The molecule has 0 atom stereocenters. The summed E-state index contributed by atoms with van der Waals surface area (Å²) in [5.74, 6) is -0.442. The Labute approximate surface area is 150 Å².